The van der Waals surface area contributed by atoms with Crippen LogP contribution in [0.3, 0.4) is 0 Å². The quantitative estimate of drug-likeness (QED) is 0.790. The van der Waals surface area contributed by atoms with Gasteiger partial charge in [-0.25, -0.2) is 0 Å². The molecule has 2 aromatic carbocycles. The number of aromatic nitrogens is 2. The first-order valence-electron chi connectivity index (χ1n) is 6.70. The third-order valence-corrected chi connectivity index (χ3v) is 3.29. The van der Waals surface area contributed by atoms with Crippen molar-refractivity contribution in [2.45, 2.75) is 0 Å². The summed E-state index contributed by atoms with van der Waals surface area (Å²) in [6.07, 6.45) is 0. The number of hydrogen-bond acceptors (Lipinski definition) is 5. The summed E-state index contributed by atoms with van der Waals surface area (Å²) < 4.78 is 10.6. The highest BCUT2D eigenvalue weighted by atomic mass is 35.5. The van der Waals surface area contributed by atoms with E-state index in [1.165, 1.54) is 0 Å². The van der Waals surface area contributed by atoms with Crippen molar-refractivity contribution in [3.63, 3.8) is 0 Å². The Morgan fingerprint density at radius 2 is 1.96 bits per heavy atom. The number of benzene rings is 2. The zero-order valence-electron chi connectivity index (χ0n) is 12.1. The average molecular weight is 330 g/mol. The molecule has 1 amide bonds. The van der Waals surface area contributed by atoms with Gasteiger partial charge >= 0.3 is 11.8 Å². The summed E-state index contributed by atoms with van der Waals surface area (Å²) in [5.74, 6) is 0.282. The highest BCUT2D eigenvalue weighted by molar-refractivity contribution is 6.30. The molecule has 0 atom stereocenters. The first-order valence-corrected chi connectivity index (χ1v) is 7.08. The molecule has 116 valence electrons. The third kappa shape index (κ3) is 3.49. The Kier molecular flexibility index (Phi) is 4.25. The standard InChI is InChI=1S/C16H12ClN3O3/c1-22-13-4-2-3-10(9-13)15-19-20-16(23-15)14(21)18-12-7-5-11(17)6-8-12/h2-9H,1H3,(H,18,21). The second-order valence-corrected chi connectivity index (χ2v) is 5.04. The molecule has 1 aromatic heterocycles. The van der Waals surface area contributed by atoms with E-state index in [1.54, 1.807) is 55.6 Å². The van der Waals surface area contributed by atoms with E-state index in [2.05, 4.69) is 15.5 Å². The maximum atomic E-state index is 12.1. The van der Waals surface area contributed by atoms with Gasteiger partial charge in [0.05, 0.1) is 7.11 Å². The molecule has 0 aliphatic carbocycles. The molecule has 3 rings (SSSR count). The number of nitrogens with one attached hydrogen (secondary N) is 1. The minimum Gasteiger partial charge on any atom is -0.497 e. The molecule has 0 unspecified atom stereocenters. The maximum absolute atomic E-state index is 12.1. The summed E-state index contributed by atoms with van der Waals surface area (Å²) in [6, 6.07) is 13.8. The van der Waals surface area contributed by atoms with Gasteiger partial charge < -0.3 is 14.5 Å². The van der Waals surface area contributed by atoms with Crippen molar-refractivity contribution in [2.24, 2.45) is 0 Å². The zero-order valence-corrected chi connectivity index (χ0v) is 12.9. The van der Waals surface area contributed by atoms with Crippen molar-refractivity contribution in [1.82, 2.24) is 10.2 Å². The van der Waals surface area contributed by atoms with Gasteiger partial charge in [-0.2, -0.15) is 0 Å². The Balaban J connectivity index is 1.78. The van der Waals surface area contributed by atoms with Gasteiger partial charge in [0.1, 0.15) is 5.75 Å². The van der Waals surface area contributed by atoms with Crippen LogP contribution < -0.4 is 10.1 Å². The van der Waals surface area contributed by atoms with Crippen LogP contribution >= 0.6 is 11.6 Å². The van der Waals surface area contributed by atoms with Gasteiger partial charge in [-0.05, 0) is 42.5 Å². The number of hydrogen-bond donors (Lipinski definition) is 1. The molecule has 0 radical (unpaired) electrons. The maximum Gasteiger partial charge on any atom is 0.313 e. The van der Waals surface area contributed by atoms with Gasteiger partial charge in [-0.15, -0.1) is 10.2 Å². The Morgan fingerprint density at radius 1 is 1.17 bits per heavy atom. The highest BCUT2D eigenvalue weighted by Gasteiger charge is 2.16. The van der Waals surface area contributed by atoms with Gasteiger partial charge in [0.25, 0.3) is 0 Å². The summed E-state index contributed by atoms with van der Waals surface area (Å²) in [5.41, 5.74) is 1.25. The Hall–Kier alpha value is -2.86. The number of carbonyl (C=O) groups excluding carboxylic acids is 1. The zero-order chi connectivity index (χ0) is 16.2. The largest absolute Gasteiger partial charge is 0.497 e. The van der Waals surface area contributed by atoms with Crippen molar-refractivity contribution in [1.29, 1.82) is 0 Å². The van der Waals surface area contributed by atoms with E-state index < -0.39 is 5.91 Å². The molecule has 3 aromatic rings. The second-order valence-electron chi connectivity index (χ2n) is 4.61. The molecular weight excluding hydrogens is 318 g/mol. The fraction of sp³-hybridized carbons (Fsp3) is 0.0625. The summed E-state index contributed by atoms with van der Waals surface area (Å²) in [4.78, 5) is 12.1. The van der Waals surface area contributed by atoms with E-state index in [0.717, 1.165) is 0 Å². The van der Waals surface area contributed by atoms with Crippen molar-refractivity contribution in [2.75, 3.05) is 12.4 Å². The van der Waals surface area contributed by atoms with Crippen LogP contribution in [0.4, 0.5) is 5.69 Å². The normalized spacial score (nSPS) is 10.3. The minimum absolute atomic E-state index is 0.127. The van der Waals surface area contributed by atoms with Crippen molar-refractivity contribution in [3.8, 4) is 17.2 Å². The van der Waals surface area contributed by atoms with Crippen LogP contribution in [-0.4, -0.2) is 23.2 Å². The van der Waals surface area contributed by atoms with Gasteiger partial charge in [0.2, 0.25) is 5.89 Å². The molecular formula is C16H12ClN3O3. The molecule has 0 saturated heterocycles. The van der Waals surface area contributed by atoms with E-state index in [1.807, 2.05) is 0 Å². The van der Waals surface area contributed by atoms with Gasteiger partial charge in [0.15, 0.2) is 0 Å². The lowest BCUT2D eigenvalue weighted by molar-refractivity contribution is 0.0991. The van der Waals surface area contributed by atoms with Crippen LogP contribution in [0.15, 0.2) is 52.9 Å². The number of anilines is 1. The monoisotopic (exact) mass is 329 g/mol. The smallest absolute Gasteiger partial charge is 0.313 e. The first kappa shape index (κ1) is 15.1. The van der Waals surface area contributed by atoms with Gasteiger partial charge in [-0.3, -0.25) is 4.79 Å². The van der Waals surface area contributed by atoms with Crippen LogP contribution in [-0.2, 0) is 0 Å². The molecule has 0 bridgehead atoms. The number of ether oxygens (including phenoxy) is 1. The molecule has 0 aliphatic rings. The van der Waals surface area contributed by atoms with E-state index in [9.17, 15) is 4.79 Å². The predicted octanol–water partition coefficient (Wildman–Crippen LogP) is 3.65. The van der Waals surface area contributed by atoms with E-state index >= 15 is 0 Å². The Morgan fingerprint density at radius 3 is 2.70 bits per heavy atom. The van der Waals surface area contributed by atoms with Crippen LogP contribution in [0, 0.1) is 0 Å². The van der Waals surface area contributed by atoms with Crippen LogP contribution in [0.1, 0.15) is 10.7 Å². The number of halogens is 1. The topological polar surface area (TPSA) is 77.2 Å². The molecule has 6 nitrogen and oxygen atoms in total. The molecule has 0 fully saturated rings. The fourth-order valence-electron chi connectivity index (χ4n) is 1.91. The number of methoxy groups -OCH3 is 1. The Labute approximate surface area is 137 Å². The van der Waals surface area contributed by atoms with Crippen molar-refractivity contribution < 1.29 is 13.9 Å². The van der Waals surface area contributed by atoms with Gasteiger partial charge in [0, 0.05) is 16.3 Å². The SMILES string of the molecule is COc1cccc(-c2nnc(C(=O)Nc3ccc(Cl)cc3)o2)c1. The summed E-state index contributed by atoms with van der Waals surface area (Å²) in [6.45, 7) is 0. The van der Waals surface area contributed by atoms with Crippen molar-refractivity contribution >= 4 is 23.2 Å². The van der Waals surface area contributed by atoms with E-state index in [-0.39, 0.29) is 11.8 Å². The molecule has 0 aliphatic heterocycles. The third-order valence-electron chi connectivity index (χ3n) is 3.04. The molecule has 0 saturated carbocycles. The van der Waals surface area contributed by atoms with E-state index in [4.69, 9.17) is 20.8 Å². The van der Waals surface area contributed by atoms with Crippen molar-refractivity contribution in [3.05, 3.63) is 59.4 Å². The number of carbonyl (C=O) groups is 1. The number of amides is 1. The number of nitrogens with zero attached hydrogens (tertiary/aromatic N) is 2. The predicted molar refractivity (Wildman–Crippen MR) is 85.7 cm³/mol. The lowest BCUT2D eigenvalue weighted by atomic mass is 10.2. The Bertz CT molecular complexity index is 831. The first-order chi connectivity index (χ1) is 11.2. The molecule has 7 heteroatoms. The van der Waals surface area contributed by atoms with Crippen LogP contribution in [0.2, 0.25) is 5.02 Å². The average Bonchev–Trinajstić information content (AvgIpc) is 3.07. The minimum atomic E-state index is -0.492. The lowest BCUT2D eigenvalue weighted by Crippen LogP contribution is -2.12. The molecule has 23 heavy (non-hydrogen) atoms. The molecule has 1 N–H and O–H groups in total. The molecule has 1 heterocycles. The summed E-state index contributed by atoms with van der Waals surface area (Å²) in [7, 11) is 1.57. The fourth-order valence-corrected chi connectivity index (χ4v) is 2.03. The van der Waals surface area contributed by atoms with E-state index in [0.29, 0.717) is 22.0 Å². The van der Waals surface area contributed by atoms with Crippen LogP contribution in [0.25, 0.3) is 11.5 Å². The number of rotatable bonds is 4. The van der Waals surface area contributed by atoms with Crippen LogP contribution in [0.5, 0.6) is 5.75 Å². The van der Waals surface area contributed by atoms with Gasteiger partial charge in [-0.1, -0.05) is 17.7 Å². The highest BCUT2D eigenvalue weighted by Crippen LogP contribution is 2.23. The lowest BCUT2D eigenvalue weighted by Gasteiger charge is -2.02. The summed E-state index contributed by atoms with van der Waals surface area (Å²) in [5, 5.41) is 10.9. The molecule has 0 spiro atoms. The summed E-state index contributed by atoms with van der Waals surface area (Å²) >= 11 is 5.80. The second kappa shape index (κ2) is 6.50.